The standard InChI is InChI=1S/C21H26N2O5S2/c1-16-4-6-19(7-5-16)30(26,27)23-12-9-17(10-13-23)21(25)28-15-20(24)22-11-8-18-3-2-14-29-18/h2-7,14,17H,8-13,15H2,1H3,(H,22,24). The number of nitrogens with one attached hydrogen (secondary N) is 1. The van der Waals surface area contributed by atoms with Crippen molar-refractivity contribution in [1.82, 2.24) is 9.62 Å². The van der Waals surface area contributed by atoms with Gasteiger partial charge in [-0.25, -0.2) is 8.42 Å². The molecule has 0 unspecified atom stereocenters. The summed E-state index contributed by atoms with van der Waals surface area (Å²) in [6, 6.07) is 10.7. The minimum atomic E-state index is -3.56. The number of carbonyl (C=O) groups excluding carboxylic acids is 2. The Morgan fingerprint density at radius 3 is 2.50 bits per heavy atom. The summed E-state index contributed by atoms with van der Waals surface area (Å²) >= 11 is 1.63. The van der Waals surface area contributed by atoms with E-state index in [2.05, 4.69) is 5.32 Å². The number of rotatable bonds is 8. The van der Waals surface area contributed by atoms with Crippen LogP contribution < -0.4 is 5.32 Å². The second-order valence-electron chi connectivity index (χ2n) is 7.28. The lowest BCUT2D eigenvalue weighted by atomic mass is 9.98. The van der Waals surface area contributed by atoms with E-state index in [1.165, 1.54) is 9.18 Å². The zero-order valence-corrected chi connectivity index (χ0v) is 18.5. The molecule has 162 valence electrons. The maximum atomic E-state index is 12.7. The van der Waals surface area contributed by atoms with Crippen molar-refractivity contribution in [2.24, 2.45) is 5.92 Å². The molecular formula is C21H26N2O5S2. The van der Waals surface area contributed by atoms with Crippen LogP contribution >= 0.6 is 11.3 Å². The van der Waals surface area contributed by atoms with Crippen molar-refractivity contribution in [3.8, 4) is 0 Å². The predicted octanol–water partition coefficient (Wildman–Crippen LogP) is 2.36. The van der Waals surface area contributed by atoms with E-state index in [0.717, 1.165) is 12.0 Å². The molecule has 2 aromatic rings. The first kappa shape index (κ1) is 22.5. The van der Waals surface area contributed by atoms with Gasteiger partial charge in [-0.3, -0.25) is 9.59 Å². The Hall–Kier alpha value is -2.23. The van der Waals surface area contributed by atoms with E-state index >= 15 is 0 Å². The van der Waals surface area contributed by atoms with E-state index < -0.39 is 21.9 Å². The van der Waals surface area contributed by atoms with Crippen LogP contribution in [-0.4, -0.2) is 50.8 Å². The normalized spacial score (nSPS) is 15.6. The smallest absolute Gasteiger partial charge is 0.309 e. The van der Waals surface area contributed by atoms with E-state index in [1.54, 1.807) is 35.6 Å². The zero-order valence-electron chi connectivity index (χ0n) is 16.9. The number of sulfonamides is 1. The van der Waals surface area contributed by atoms with Gasteiger partial charge in [-0.05, 0) is 49.8 Å². The van der Waals surface area contributed by atoms with E-state index in [0.29, 0.717) is 19.4 Å². The molecule has 9 heteroatoms. The van der Waals surface area contributed by atoms with E-state index in [1.807, 2.05) is 24.4 Å². The molecule has 0 spiro atoms. The summed E-state index contributed by atoms with van der Waals surface area (Å²) in [5.41, 5.74) is 0.992. The van der Waals surface area contributed by atoms with Gasteiger partial charge in [-0.1, -0.05) is 23.8 Å². The number of amides is 1. The average molecular weight is 451 g/mol. The first-order valence-corrected chi connectivity index (χ1v) is 12.2. The number of aryl methyl sites for hydroxylation is 1. The molecule has 0 saturated carbocycles. The van der Waals surface area contributed by atoms with E-state index in [-0.39, 0.29) is 30.5 Å². The van der Waals surface area contributed by atoms with Crippen LogP contribution in [0.15, 0.2) is 46.7 Å². The third kappa shape index (κ3) is 5.90. The molecule has 1 aromatic heterocycles. The predicted molar refractivity (Wildman–Crippen MR) is 115 cm³/mol. The number of piperidine rings is 1. The highest BCUT2D eigenvalue weighted by atomic mass is 32.2. The number of nitrogens with zero attached hydrogens (tertiary/aromatic N) is 1. The second-order valence-corrected chi connectivity index (χ2v) is 10.2. The number of ether oxygens (including phenoxy) is 1. The highest BCUT2D eigenvalue weighted by Gasteiger charge is 2.32. The van der Waals surface area contributed by atoms with Gasteiger partial charge in [-0.2, -0.15) is 4.31 Å². The molecule has 1 amide bonds. The lowest BCUT2D eigenvalue weighted by Crippen LogP contribution is -2.41. The SMILES string of the molecule is Cc1ccc(S(=O)(=O)N2CCC(C(=O)OCC(=O)NCCc3cccs3)CC2)cc1. The Morgan fingerprint density at radius 2 is 1.87 bits per heavy atom. The molecule has 2 heterocycles. The third-order valence-electron chi connectivity index (χ3n) is 5.07. The molecule has 30 heavy (non-hydrogen) atoms. The number of hydrogen-bond acceptors (Lipinski definition) is 6. The summed E-state index contributed by atoms with van der Waals surface area (Å²) in [5.74, 6) is -1.18. The first-order valence-electron chi connectivity index (χ1n) is 9.89. The van der Waals surface area contributed by atoms with Crippen molar-refractivity contribution >= 4 is 33.2 Å². The fourth-order valence-electron chi connectivity index (χ4n) is 3.28. The summed E-state index contributed by atoms with van der Waals surface area (Å²) in [5, 5.41) is 4.71. The summed E-state index contributed by atoms with van der Waals surface area (Å²) in [6.45, 7) is 2.58. The largest absolute Gasteiger partial charge is 0.455 e. The topological polar surface area (TPSA) is 92.8 Å². The van der Waals surface area contributed by atoms with Crippen LogP contribution in [0, 0.1) is 12.8 Å². The Morgan fingerprint density at radius 1 is 1.17 bits per heavy atom. The summed E-state index contributed by atoms with van der Waals surface area (Å²) in [6.07, 6.45) is 1.50. The van der Waals surface area contributed by atoms with Crippen LogP contribution in [0.5, 0.6) is 0 Å². The quantitative estimate of drug-likeness (QED) is 0.624. The van der Waals surface area contributed by atoms with Gasteiger partial charge in [0.1, 0.15) is 0 Å². The maximum absolute atomic E-state index is 12.7. The minimum absolute atomic E-state index is 0.253. The molecule has 3 rings (SSSR count). The van der Waals surface area contributed by atoms with Crippen molar-refractivity contribution in [3.05, 3.63) is 52.2 Å². The van der Waals surface area contributed by atoms with Gasteiger partial charge in [0.05, 0.1) is 10.8 Å². The zero-order chi connectivity index (χ0) is 21.6. The lowest BCUT2D eigenvalue weighted by molar-refractivity contribution is -0.153. The van der Waals surface area contributed by atoms with Gasteiger partial charge in [-0.15, -0.1) is 11.3 Å². The number of thiophene rings is 1. The third-order valence-corrected chi connectivity index (χ3v) is 7.91. The highest BCUT2D eigenvalue weighted by molar-refractivity contribution is 7.89. The van der Waals surface area contributed by atoms with Crippen molar-refractivity contribution in [3.63, 3.8) is 0 Å². The number of esters is 1. The Kier molecular flexibility index (Phi) is 7.63. The molecule has 1 fully saturated rings. The Balaban J connectivity index is 1.40. The van der Waals surface area contributed by atoms with E-state index in [9.17, 15) is 18.0 Å². The molecule has 1 N–H and O–H groups in total. The van der Waals surface area contributed by atoms with Gasteiger partial charge in [0.2, 0.25) is 10.0 Å². The van der Waals surface area contributed by atoms with Crippen LogP contribution in [0.1, 0.15) is 23.3 Å². The monoisotopic (exact) mass is 450 g/mol. The average Bonchev–Trinajstić information content (AvgIpc) is 3.26. The minimum Gasteiger partial charge on any atom is -0.455 e. The Bertz CT molecular complexity index is 948. The van der Waals surface area contributed by atoms with Crippen molar-refractivity contribution in [2.45, 2.75) is 31.1 Å². The van der Waals surface area contributed by atoms with Crippen molar-refractivity contribution in [1.29, 1.82) is 0 Å². The molecule has 0 radical (unpaired) electrons. The summed E-state index contributed by atoms with van der Waals surface area (Å²) in [7, 11) is -3.56. The fraction of sp³-hybridized carbons (Fsp3) is 0.429. The lowest BCUT2D eigenvalue weighted by Gasteiger charge is -2.30. The number of benzene rings is 1. The maximum Gasteiger partial charge on any atom is 0.309 e. The fourth-order valence-corrected chi connectivity index (χ4v) is 5.46. The number of hydrogen-bond donors (Lipinski definition) is 1. The highest BCUT2D eigenvalue weighted by Crippen LogP contribution is 2.24. The van der Waals surface area contributed by atoms with Crippen molar-refractivity contribution in [2.75, 3.05) is 26.2 Å². The molecule has 0 bridgehead atoms. The van der Waals surface area contributed by atoms with Crippen LogP contribution in [-0.2, 0) is 30.8 Å². The Labute approximate surface area is 181 Å². The van der Waals surface area contributed by atoms with Gasteiger partial charge < -0.3 is 10.1 Å². The summed E-state index contributed by atoms with van der Waals surface area (Å²) in [4.78, 5) is 25.5. The van der Waals surface area contributed by atoms with Crippen LogP contribution in [0.4, 0.5) is 0 Å². The molecule has 1 saturated heterocycles. The molecule has 0 atom stereocenters. The molecular weight excluding hydrogens is 424 g/mol. The molecule has 1 aliphatic heterocycles. The van der Waals surface area contributed by atoms with E-state index in [4.69, 9.17) is 4.74 Å². The number of carbonyl (C=O) groups is 2. The van der Waals surface area contributed by atoms with Crippen LogP contribution in [0.2, 0.25) is 0 Å². The van der Waals surface area contributed by atoms with Gasteiger partial charge in [0.25, 0.3) is 5.91 Å². The molecule has 7 nitrogen and oxygen atoms in total. The van der Waals surface area contributed by atoms with Crippen LogP contribution in [0.3, 0.4) is 0 Å². The molecule has 1 aromatic carbocycles. The first-order chi connectivity index (χ1) is 14.4. The molecule has 1 aliphatic rings. The molecule has 0 aliphatic carbocycles. The van der Waals surface area contributed by atoms with Gasteiger partial charge in [0.15, 0.2) is 6.61 Å². The van der Waals surface area contributed by atoms with Crippen LogP contribution in [0.25, 0.3) is 0 Å². The second kappa shape index (κ2) is 10.2. The van der Waals surface area contributed by atoms with Gasteiger partial charge >= 0.3 is 5.97 Å². The summed E-state index contributed by atoms with van der Waals surface area (Å²) < 4.78 is 32.0. The van der Waals surface area contributed by atoms with Gasteiger partial charge in [0, 0.05) is 24.5 Å². The van der Waals surface area contributed by atoms with Crippen molar-refractivity contribution < 1.29 is 22.7 Å².